The molecule has 0 saturated carbocycles. The molecule has 1 N–H and O–H groups in total. The first-order chi connectivity index (χ1) is 10.4. The molecule has 0 radical (unpaired) electrons. The summed E-state index contributed by atoms with van der Waals surface area (Å²) in [4.78, 5) is 27.0. The first-order valence-corrected chi connectivity index (χ1v) is 7.78. The van der Waals surface area contributed by atoms with E-state index in [1.165, 1.54) is 4.90 Å². The van der Waals surface area contributed by atoms with Gasteiger partial charge in [0.1, 0.15) is 6.54 Å². The van der Waals surface area contributed by atoms with Crippen LogP contribution in [-0.4, -0.2) is 47.6 Å². The van der Waals surface area contributed by atoms with E-state index in [1.54, 1.807) is 12.1 Å². The van der Waals surface area contributed by atoms with E-state index in [0.29, 0.717) is 5.56 Å². The summed E-state index contributed by atoms with van der Waals surface area (Å²) in [5, 5.41) is 8.94. The topological polar surface area (TPSA) is 60.9 Å². The molecule has 0 heterocycles. The third-order valence-corrected chi connectivity index (χ3v) is 3.54. The highest BCUT2D eigenvalue weighted by Crippen LogP contribution is 2.17. The molecule has 5 nitrogen and oxygen atoms in total. The number of anilines is 1. The van der Waals surface area contributed by atoms with E-state index in [2.05, 4.69) is 18.7 Å². The molecule has 0 fully saturated rings. The van der Waals surface area contributed by atoms with Gasteiger partial charge in [0.2, 0.25) is 0 Å². The average molecular weight is 306 g/mol. The quantitative estimate of drug-likeness (QED) is 0.802. The summed E-state index contributed by atoms with van der Waals surface area (Å²) in [7, 11) is 0. The van der Waals surface area contributed by atoms with Crippen LogP contribution in [0.4, 0.5) is 5.69 Å². The van der Waals surface area contributed by atoms with Gasteiger partial charge in [0.25, 0.3) is 5.91 Å². The molecular weight excluding hydrogens is 280 g/mol. The summed E-state index contributed by atoms with van der Waals surface area (Å²) in [5.41, 5.74) is 1.60. The Hall–Kier alpha value is -2.04. The molecule has 0 aliphatic heterocycles. The van der Waals surface area contributed by atoms with Gasteiger partial charge < -0.3 is 14.9 Å². The Morgan fingerprint density at radius 3 is 2.14 bits per heavy atom. The van der Waals surface area contributed by atoms with E-state index in [0.717, 1.165) is 25.2 Å². The van der Waals surface area contributed by atoms with Crippen molar-refractivity contribution in [1.29, 1.82) is 0 Å². The van der Waals surface area contributed by atoms with Gasteiger partial charge in [-0.15, -0.1) is 0 Å². The van der Waals surface area contributed by atoms with Gasteiger partial charge in [-0.25, -0.2) is 0 Å². The van der Waals surface area contributed by atoms with Gasteiger partial charge in [0, 0.05) is 30.4 Å². The van der Waals surface area contributed by atoms with Crippen LogP contribution in [0.5, 0.6) is 0 Å². The monoisotopic (exact) mass is 306 g/mol. The molecule has 1 amide bonds. The average Bonchev–Trinajstić information content (AvgIpc) is 2.49. The van der Waals surface area contributed by atoms with Crippen molar-refractivity contribution in [2.24, 2.45) is 0 Å². The largest absolute Gasteiger partial charge is 0.480 e. The first kappa shape index (κ1) is 18.0. The minimum Gasteiger partial charge on any atom is -0.480 e. The predicted octanol–water partition coefficient (Wildman–Crippen LogP) is 2.86. The molecule has 0 aliphatic rings. The van der Waals surface area contributed by atoms with Crippen LogP contribution >= 0.6 is 0 Å². The molecule has 122 valence electrons. The van der Waals surface area contributed by atoms with E-state index in [9.17, 15) is 9.59 Å². The number of carboxylic acid groups (broad SMARTS) is 1. The van der Waals surface area contributed by atoms with Crippen LogP contribution in [0.1, 0.15) is 44.5 Å². The Bertz CT molecular complexity index is 497. The summed E-state index contributed by atoms with van der Waals surface area (Å²) in [6.07, 6.45) is 1.06. The second kappa shape index (κ2) is 8.41. The zero-order valence-electron chi connectivity index (χ0n) is 13.9. The number of carbonyl (C=O) groups excluding carboxylic acids is 1. The van der Waals surface area contributed by atoms with Gasteiger partial charge in [0.15, 0.2) is 0 Å². The Morgan fingerprint density at radius 1 is 1.14 bits per heavy atom. The standard InChI is InChI=1S/C17H26N2O3/c1-5-11-18(6-2)15-9-7-14(8-10-15)17(22)19(13(3)4)12-16(20)21/h7-10,13H,5-6,11-12H2,1-4H3,(H,20,21). The lowest BCUT2D eigenvalue weighted by molar-refractivity contribution is -0.138. The normalized spacial score (nSPS) is 10.6. The molecule has 0 aromatic heterocycles. The second-order valence-electron chi connectivity index (χ2n) is 5.55. The minimum atomic E-state index is -1.00. The molecule has 22 heavy (non-hydrogen) atoms. The minimum absolute atomic E-state index is 0.157. The molecular formula is C17H26N2O3. The van der Waals surface area contributed by atoms with Crippen molar-refractivity contribution in [3.8, 4) is 0 Å². The molecule has 0 spiro atoms. The van der Waals surface area contributed by atoms with Crippen LogP contribution in [0.15, 0.2) is 24.3 Å². The van der Waals surface area contributed by atoms with Crippen LogP contribution in [0, 0.1) is 0 Å². The summed E-state index contributed by atoms with van der Waals surface area (Å²) in [6.45, 7) is 9.47. The van der Waals surface area contributed by atoms with E-state index < -0.39 is 5.97 Å². The molecule has 1 aromatic carbocycles. The van der Waals surface area contributed by atoms with Crippen molar-refractivity contribution >= 4 is 17.6 Å². The maximum absolute atomic E-state index is 12.4. The van der Waals surface area contributed by atoms with E-state index in [-0.39, 0.29) is 18.5 Å². The maximum atomic E-state index is 12.4. The zero-order valence-corrected chi connectivity index (χ0v) is 13.9. The summed E-state index contributed by atoms with van der Waals surface area (Å²) in [5.74, 6) is -1.25. The summed E-state index contributed by atoms with van der Waals surface area (Å²) >= 11 is 0. The predicted molar refractivity (Wildman–Crippen MR) is 88.4 cm³/mol. The van der Waals surface area contributed by atoms with Crippen LogP contribution in [0.25, 0.3) is 0 Å². The molecule has 0 unspecified atom stereocenters. The number of rotatable bonds is 8. The number of carboxylic acids is 1. The first-order valence-electron chi connectivity index (χ1n) is 7.78. The lowest BCUT2D eigenvalue weighted by atomic mass is 10.1. The number of carbonyl (C=O) groups is 2. The summed E-state index contributed by atoms with van der Waals surface area (Å²) < 4.78 is 0. The zero-order chi connectivity index (χ0) is 16.7. The lowest BCUT2D eigenvalue weighted by Crippen LogP contribution is -2.40. The van der Waals surface area contributed by atoms with Gasteiger partial charge in [-0.1, -0.05) is 6.92 Å². The van der Waals surface area contributed by atoms with Crippen LogP contribution in [-0.2, 0) is 4.79 Å². The van der Waals surface area contributed by atoms with Gasteiger partial charge in [-0.3, -0.25) is 9.59 Å². The number of benzene rings is 1. The molecule has 0 bridgehead atoms. The van der Waals surface area contributed by atoms with Crippen LogP contribution in [0.2, 0.25) is 0 Å². The number of aliphatic carboxylic acids is 1. The fourth-order valence-corrected chi connectivity index (χ4v) is 2.35. The van der Waals surface area contributed by atoms with Gasteiger partial charge >= 0.3 is 5.97 Å². The smallest absolute Gasteiger partial charge is 0.323 e. The van der Waals surface area contributed by atoms with Crippen molar-refractivity contribution in [3.05, 3.63) is 29.8 Å². The Morgan fingerprint density at radius 2 is 1.73 bits per heavy atom. The van der Waals surface area contributed by atoms with Crippen molar-refractivity contribution in [1.82, 2.24) is 4.90 Å². The third kappa shape index (κ3) is 4.76. The molecule has 0 atom stereocenters. The highest BCUT2D eigenvalue weighted by molar-refractivity contribution is 5.96. The van der Waals surface area contributed by atoms with Crippen molar-refractivity contribution in [3.63, 3.8) is 0 Å². The molecule has 1 rings (SSSR count). The Balaban J connectivity index is 2.92. The number of nitrogens with zero attached hydrogens (tertiary/aromatic N) is 2. The summed E-state index contributed by atoms with van der Waals surface area (Å²) in [6, 6.07) is 7.23. The number of hydrogen-bond donors (Lipinski definition) is 1. The van der Waals surface area contributed by atoms with Gasteiger partial charge in [0.05, 0.1) is 0 Å². The molecule has 1 aromatic rings. The molecule has 0 saturated heterocycles. The van der Waals surface area contributed by atoms with Gasteiger partial charge in [-0.05, 0) is 51.5 Å². The van der Waals surface area contributed by atoms with E-state index >= 15 is 0 Å². The SMILES string of the molecule is CCCN(CC)c1ccc(C(=O)N(CC(=O)O)C(C)C)cc1. The van der Waals surface area contributed by atoms with Crippen molar-refractivity contribution < 1.29 is 14.7 Å². The van der Waals surface area contributed by atoms with E-state index in [4.69, 9.17) is 5.11 Å². The van der Waals surface area contributed by atoms with Crippen LogP contribution < -0.4 is 4.90 Å². The molecule has 0 aliphatic carbocycles. The fraction of sp³-hybridized carbons (Fsp3) is 0.529. The van der Waals surface area contributed by atoms with Crippen molar-refractivity contribution in [2.75, 3.05) is 24.5 Å². The maximum Gasteiger partial charge on any atom is 0.323 e. The molecule has 5 heteroatoms. The Labute approximate surface area is 132 Å². The highest BCUT2D eigenvalue weighted by Gasteiger charge is 2.21. The second-order valence-corrected chi connectivity index (χ2v) is 5.55. The third-order valence-electron chi connectivity index (χ3n) is 3.54. The lowest BCUT2D eigenvalue weighted by Gasteiger charge is -2.26. The van der Waals surface area contributed by atoms with Crippen molar-refractivity contribution in [2.45, 2.75) is 40.2 Å². The highest BCUT2D eigenvalue weighted by atomic mass is 16.4. The number of hydrogen-bond acceptors (Lipinski definition) is 3. The number of amides is 1. The van der Waals surface area contributed by atoms with Crippen LogP contribution in [0.3, 0.4) is 0 Å². The van der Waals surface area contributed by atoms with E-state index in [1.807, 2.05) is 26.0 Å². The Kier molecular flexibility index (Phi) is 6.89. The van der Waals surface area contributed by atoms with Gasteiger partial charge in [-0.2, -0.15) is 0 Å². The fourth-order valence-electron chi connectivity index (χ4n) is 2.35.